The molecular formula is C16H15N3O2. The average molecular weight is 281 g/mol. The molecule has 0 fully saturated rings. The molecule has 1 aromatic carbocycles. The molecular weight excluding hydrogens is 266 g/mol. The van der Waals surface area contributed by atoms with E-state index in [9.17, 15) is 0 Å². The van der Waals surface area contributed by atoms with Gasteiger partial charge in [-0.05, 0) is 18.2 Å². The topological polar surface area (TPSA) is 49.2 Å². The van der Waals surface area contributed by atoms with Gasteiger partial charge in [-0.3, -0.25) is 4.57 Å². The monoisotopic (exact) mass is 281 g/mol. The molecule has 2 heterocycles. The molecule has 0 atom stereocenters. The van der Waals surface area contributed by atoms with Crippen LogP contribution in [0.4, 0.5) is 0 Å². The van der Waals surface area contributed by atoms with E-state index >= 15 is 0 Å². The molecule has 0 aliphatic rings. The Labute approximate surface area is 122 Å². The number of methoxy groups -OCH3 is 2. The highest BCUT2D eigenvalue weighted by atomic mass is 16.5. The number of hydrogen-bond acceptors (Lipinski definition) is 4. The smallest absolute Gasteiger partial charge is 0.165 e. The molecule has 5 heteroatoms. The molecule has 0 amide bonds. The Balaban J connectivity index is 2.22. The van der Waals surface area contributed by atoms with E-state index in [1.165, 1.54) is 0 Å². The van der Waals surface area contributed by atoms with E-state index in [2.05, 4.69) is 16.5 Å². The third-order valence-corrected chi connectivity index (χ3v) is 3.24. The minimum atomic E-state index is 0.714. The first-order valence-corrected chi connectivity index (χ1v) is 6.45. The van der Waals surface area contributed by atoms with Gasteiger partial charge >= 0.3 is 0 Å². The summed E-state index contributed by atoms with van der Waals surface area (Å²) in [4.78, 5) is 8.91. The molecule has 3 aromatic rings. The largest absolute Gasteiger partial charge is 0.497 e. The van der Waals surface area contributed by atoms with Crippen molar-refractivity contribution in [2.24, 2.45) is 0 Å². The first-order chi connectivity index (χ1) is 10.2. The van der Waals surface area contributed by atoms with Crippen LogP contribution in [0, 0.1) is 0 Å². The molecule has 0 bridgehead atoms. The SMILES string of the molecule is C=Cc1ccc2ncn(-c3cc(OC)cc(OC)c3)c2n1. The number of ether oxygens (including phenoxy) is 2. The second-order valence-corrected chi connectivity index (χ2v) is 4.47. The van der Waals surface area contributed by atoms with Crippen molar-refractivity contribution in [3.63, 3.8) is 0 Å². The zero-order valence-electron chi connectivity index (χ0n) is 11.9. The molecule has 0 aliphatic carbocycles. The summed E-state index contributed by atoms with van der Waals surface area (Å²) in [6.45, 7) is 3.75. The first kappa shape index (κ1) is 13.2. The molecule has 0 aliphatic heterocycles. The van der Waals surface area contributed by atoms with Gasteiger partial charge in [0.1, 0.15) is 23.3 Å². The van der Waals surface area contributed by atoms with E-state index in [-0.39, 0.29) is 0 Å². The molecule has 0 N–H and O–H groups in total. The van der Waals surface area contributed by atoms with Gasteiger partial charge in [-0.1, -0.05) is 6.58 Å². The Hall–Kier alpha value is -2.82. The summed E-state index contributed by atoms with van der Waals surface area (Å²) in [5.41, 5.74) is 3.27. The van der Waals surface area contributed by atoms with Crippen LogP contribution in [-0.4, -0.2) is 28.8 Å². The van der Waals surface area contributed by atoms with Crippen molar-refractivity contribution in [1.29, 1.82) is 0 Å². The number of aromatic nitrogens is 3. The molecule has 0 saturated heterocycles. The van der Waals surface area contributed by atoms with Crippen LogP contribution in [0.25, 0.3) is 22.9 Å². The summed E-state index contributed by atoms with van der Waals surface area (Å²) in [5.74, 6) is 1.43. The van der Waals surface area contributed by atoms with Gasteiger partial charge in [0.05, 0.1) is 25.6 Å². The standard InChI is InChI=1S/C16H15N3O2/c1-4-11-5-6-15-16(18-11)19(10-17-15)12-7-13(20-2)9-14(8-12)21-3/h4-10H,1H2,2-3H3. The predicted octanol–water partition coefficient (Wildman–Crippen LogP) is 3.08. The molecule has 0 radical (unpaired) electrons. The number of pyridine rings is 1. The Morgan fingerprint density at radius 2 is 1.81 bits per heavy atom. The highest BCUT2D eigenvalue weighted by molar-refractivity contribution is 5.74. The molecule has 21 heavy (non-hydrogen) atoms. The van der Waals surface area contributed by atoms with Crippen LogP contribution in [0.3, 0.4) is 0 Å². The highest BCUT2D eigenvalue weighted by Gasteiger charge is 2.09. The Bertz CT molecular complexity index is 786. The lowest BCUT2D eigenvalue weighted by molar-refractivity contribution is 0.394. The Kier molecular flexibility index (Phi) is 3.31. The third kappa shape index (κ3) is 2.33. The lowest BCUT2D eigenvalue weighted by atomic mass is 10.2. The first-order valence-electron chi connectivity index (χ1n) is 6.45. The van der Waals surface area contributed by atoms with Crippen LogP contribution >= 0.6 is 0 Å². The maximum absolute atomic E-state index is 5.30. The van der Waals surface area contributed by atoms with E-state index in [1.54, 1.807) is 26.6 Å². The molecule has 106 valence electrons. The number of fused-ring (bicyclic) bond motifs is 1. The third-order valence-electron chi connectivity index (χ3n) is 3.24. The van der Waals surface area contributed by atoms with Crippen molar-refractivity contribution in [2.75, 3.05) is 14.2 Å². The van der Waals surface area contributed by atoms with E-state index < -0.39 is 0 Å². The van der Waals surface area contributed by atoms with Gasteiger partial charge in [0, 0.05) is 18.2 Å². The fourth-order valence-electron chi connectivity index (χ4n) is 2.14. The molecule has 2 aromatic heterocycles. The number of benzene rings is 1. The van der Waals surface area contributed by atoms with Gasteiger partial charge in [0.25, 0.3) is 0 Å². The van der Waals surface area contributed by atoms with Crippen LogP contribution < -0.4 is 9.47 Å². The predicted molar refractivity (Wildman–Crippen MR) is 82.1 cm³/mol. The highest BCUT2D eigenvalue weighted by Crippen LogP contribution is 2.26. The van der Waals surface area contributed by atoms with Crippen LogP contribution in [0.1, 0.15) is 5.69 Å². The Morgan fingerprint density at radius 1 is 1.10 bits per heavy atom. The van der Waals surface area contributed by atoms with Gasteiger partial charge in [-0.25, -0.2) is 9.97 Å². The van der Waals surface area contributed by atoms with Gasteiger partial charge < -0.3 is 9.47 Å². The molecule has 0 saturated carbocycles. The molecule has 0 unspecified atom stereocenters. The van der Waals surface area contributed by atoms with Gasteiger partial charge in [0.2, 0.25) is 0 Å². The summed E-state index contributed by atoms with van der Waals surface area (Å²) in [7, 11) is 3.25. The summed E-state index contributed by atoms with van der Waals surface area (Å²) >= 11 is 0. The second-order valence-electron chi connectivity index (χ2n) is 4.47. The van der Waals surface area contributed by atoms with Crippen LogP contribution in [0.2, 0.25) is 0 Å². The number of nitrogens with zero attached hydrogens (tertiary/aromatic N) is 3. The van der Waals surface area contributed by atoms with Crippen molar-refractivity contribution in [3.05, 3.63) is 48.9 Å². The number of rotatable bonds is 4. The summed E-state index contributed by atoms with van der Waals surface area (Å²) in [5, 5.41) is 0. The van der Waals surface area contributed by atoms with Crippen molar-refractivity contribution in [3.8, 4) is 17.2 Å². The van der Waals surface area contributed by atoms with E-state index in [4.69, 9.17) is 9.47 Å². The minimum absolute atomic E-state index is 0.714. The molecule has 3 rings (SSSR count). The maximum Gasteiger partial charge on any atom is 0.165 e. The Morgan fingerprint density at radius 3 is 2.43 bits per heavy atom. The molecule has 0 spiro atoms. The van der Waals surface area contributed by atoms with Crippen LogP contribution in [-0.2, 0) is 0 Å². The quantitative estimate of drug-likeness (QED) is 0.737. The number of hydrogen-bond donors (Lipinski definition) is 0. The zero-order valence-corrected chi connectivity index (χ0v) is 11.9. The summed E-state index contributed by atoms with van der Waals surface area (Å²) < 4.78 is 12.5. The summed E-state index contributed by atoms with van der Waals surface area (Å²) in [6.07, 6.45) is 3.45. The van der Waals surface area contributed by atoms with Gasteiger partial charge in [-0.15, -0.1) is 0 Å². The van der Waals surface area contributed by atoms with Gasteiger partial charge in [-0.2, -0.15) is 0 Å². The lowest BCUT2D eigenvalue weighted by Gasteiger charge is -2.09. The fourth-order valence-corrected chi connectivity index (χ4v) is 2.14. The second kappa shape index (κ2) is 5.28. The van der Waals surface area contributed by atoms with Crippen molar-refractivity contribution in [1.82, 2.24) is 14.5 Å². The summed E-state index contributed by atoms with van der Waals surface area (Å²) in [6, 6.07) is 9.45. The van der Waals surface area contributed by atoms with E-state index in [0.29, 0.717) is 11.5 Å². The average Bonchev–Trinajstić information content (AvgIpc) is 2.97. The van der Waals surface area contributed by atoms with E-state index in [1.807, 2.05) is 34.9 Å². The van der Waals surface area contributed by atoms with Crippen LogP contribution in [0.5, 0.6) is 11.5 Å². The fraction of sp³-hybridized carbons (Fsp3) is 0.125. The van der Waals surface area contributed by atoms with Crippen molar-refractivity contribution < 1.29 is 9.47 Å². The lowest BCUT2D eigenvalue weighted by Crippen LogP contribution is -1.97. The van der Waals surface area contributed by atoms with E-state index in [0.717, 1.165) is 22.5 Å². The maximum atomic E-state index is 5.30. The molecule has 5 nitrogen and oxygen atoms in total. The number of imidazole rings is 1. The zero-order chi connectivity index (χ0) is 14.8. The minimum Gasteiger partial charge on any atom is -0.497 e. The van der Waals surface area contributed by atoms with Crippen LogP contribution in [0.15, 0.2) is 43.2 Å². The van der Waals surface area contributed by atoms with Gasteiger partial charge in [0.15, 0.2) is 5.65 Å². The van der Waals surface area contributed by atoms with Crippen molar-refractivity contribution >= 4 is 17.2 Å². The normalized spacial score (nSPS) is 10.6. The van der Waals surface area contributed by atoms with Crippen molar-refractivity contribution in [2.45, 2.75) is 0 Å².